The Morgan fingerprint density at radius 3 is 3.10 bits per heavy atom. The molecular formula is C8H8N2. The third-order valence-corrected chi connectivity index (χ3v) is 1.02. The number of nitrogens with zero attached hydrogens (tertiary/aromatic N) is 2. The van der Waals surface area contributed by atoms with Gasteiger partial charge in [-0.1, -0.05) is 18.4 Å². The molecule has 0 fully saturated rings. The standard InChI is InChI=1S/C8H8N2/c1-3-4-5-8-6-9-10(2)7-8/h3,6-7H,1H2,2H3. The molecule has 50 valence electrons. The molecule has 1 aromatic heterocycles. The first-order valence-corrected chi connectivity index (χ1v) is 2.94. The van der Waals surface area contributed by atoms with Crippen molar-refractivity contribution in [3.05, 3.63) is 30.6 Å². The molecule has 1 rings (SSSR count). The fourth-order valence-electron chi connectivity index (χ4n) is 0.620. The monoisotopic (exact) mass is 132 g/mol. The zero-order chi connectivity index (χ0) is 7.40. The predicted molar refractivity (Wildman–Crippen MR) is 40.3 cm³/mol. The summed E-state index contributed by atoms with van der Waals surface area (Å²) in [6.07, 6.45) is 5.14. The van der Waals surface area contributed by atoms with Crippen LogP contribution in [0.15, 0.2) is 25.0 Å². The van der Waals surface area contributed by atoms with Crippen molar-refractivity contribution in [3.8, 4) is 11.8 Å². The van der Waals surface area contributed by atoms with Crippen molar-refractivity contribution in [2.45, 2.75) is 0 Å². The van der Waals surface area contributed by atoms with Crippen LogP contribution in [0, 0.1) is 11.8 Å². The smallest absolute Gasteiger partial charge is 0.0646 e. The van der Waals surface area contributed by atoms with Gasteiger partial charge >= 0.3 is 0 Å². The number of rotatable bonds is 0. The lowest BCUT2D eigenvalue weighted by molar-refractivity contribution is 0.767. The van der Waals surface area contributed by atoms with E-state index in [2.05, 4.69) is 23.5 Å². The fourth-order valence-corrected chi connectivity index (χ4v) is 0.620. The molecule has 1 heterocycles. The third-order valence-electron chi connectivity index (χ3n) is 1.02. The Hall–Kier alpha value is -1.49. The van der Waals surface area contributed by atoms with Gasteiger partial charge in [-0.3, -0.25) is 4.68 Å². The van der Waals surface area contributed by atoms with Crippen molar-refractivity contribution in [1.82, 2.24) is 9.78 Å². The predicted octanol–water partition coefficient (Wildman–Crippen LogP) is 0.958. The minimum atomic E-state index is 0.919. The Kier molecular flexibility index (Phi) is 1.91. The van der Waals surface area contributed by atoms with Crippen molar-refractivity contribution in [1.29, 1.82) is 0 Å². The van der Waals surface area contributed by atoms with E-state index in [-0.39, 0.29) is 0 Å². The molecule has 0 aliphatic rings. The van der Waals surface area contributed by atoms with Gasteiger partial charge in [-0.05, 0) is 6.08 Å². The SMILES string of the molecule is C=CC#Cc1cnn(C)c1. The average molecular weight is 132 g/mol. The summed E-state index contributed by atoms with van der Waals surface area (Å²) in [4.78, 5) is 0. The van der Waals surface area contributed by atoms with Crippen LogP contribution in [0.5, 0.6) is 0 Å². The summed E-state index contributed by atoms with van der Waals surface area (Å²) >= 11 is 0. The second-order valence-corrected chi connectivity index (χ2v) is 1.88. The van der Waals surface area contributed by atoms with Gasteiger partial charge in [-0.25, -0.2) is 0 Å². The molecule has 2 nitrogen and oxygen atoms in total. The van der Waals surface area contributed by atoms with Gasteiger partial charge in [0.2, 0.25) is 0 Å². The minimum Gasteiger partial charge on any atom is -0.275 e. The summed E-state index contributed by atoms with van der Waals surface area (Å²) in [7, 11) is 1.86. The number of aryl methyl sites for hydroxylation is 1. The number of aromatic nitrogens is 2. The lowest BCUT2D eigenvalue weighted by Gasteiger charge is -1.78. The summed E-state index contributed by atoms with van der Waals surface area (Å²) in [6, 6.07) is 0. The zero-order valence-electron chi connectivity index (χ0n) is 5.83. The van der Waals surface area contributed by atoms with Gasteiger partial charge in [0, 0.05) is 13.2 Å². The Balaban J connectivity index is 2.85. The maximum absolute atomic E-state index is 3.95. The van der Waals surface area contributed by atoms with Crippen LogP contribution in [0.1, 0.15) is 5.56 Å². The second-order valence-electron chi connectivity index (χ2n) is 1.88. The Bertz CT molecular complexity index is 286. The topological polar surface area (TPSA) is 17.8 Å². The molecule has 0 bridgehead atoms. The van der Waals surface area contributed by atoms with Crippen molar-refractivity contribution < 1.29 is 0 Å². The van der Waals surface area contributed by atoms with Crippen LogP contribution in [0.3, 0.4) is 0 Å². The molecule has 10 heavy (non-hydrogen) atoms. The van der Waals surface area contributed by atoms with Crippen LogP contribution in [-0.2, 0) is 7.05 Å². The first-order chi connectivity index (χ1) is 4.83. The molecule has 0 aromatic carbocycles. The molecule has 0 atom stereocenters. The summed E-state index contributed by atoms with van der Waals surface area (Å²) in [5.41, 5.74) is 0.919. The highest BCUT2D eigenvalue weighted by molar-refractivity contribution is 5.32. The fraction of sp³-hybridized carbons (Fsp3) is 0.125. The number of hydrogen-bond donors (Lipinski definition) is 0. The summed E-state index contributed by atoms with van der Waals surface area (Å²) in [6.45, 7) is 3.48. The molecule has 1 aromatic rings. The maximum atomic E-state index is 3.95. The summed E-state index contributed by atoms with van der Waals surface area (Å²) in [5.74, 6) is 5.60. The zero-order valence-corrected chi connectivity index (χ0v) is 5.83. The molecule has 0 saturated carbocycles. The molecule has 0 N–H and O–H groups in total. The summed E-state index contributed by atoms with van der Waals surface area (Å²) < 4.78 is 1.72. The van der Waals surface area contributed by atoms with E-state index in [0.717, 1.165) is 5.56 Å². The third kappa shape index (κ3) is 1.49. The van der Waals surface area contributed by atoms with Crippen LogP contribution >= 0.6 is 0 Å². The van der Waals surface area contributed by atoms with Crippen LogP contribution in [0.4, 0.5) is 0 Å². The Labute approximate surface area is 60.2 Å². The number of allylic oxidation sites excluding steroid dienone is 1. The highest BCUT2D eigenvalue weighted by atomic mass is 15.2. The lowest BCUT2D eigenvalue weighted by atomic mass is 10.4. The highest BCUT2D eigenvalue weighted by Crippen LogP contribution is 1.91. The van der Waals surface area contributed by atoms with E-state index in [1.54, 1.807) is 17.0 Å². The minimum absolute atomic E-state index is 0.919. The molecule has 0 aliphatic heterocycles. The van der Waals surface area contributed by atoms with E-state index in [9.17, 15) is 0 Å². The Morgan fingerprint density at radius 2 is 2.60 bits per heavy atom. The maximum Gasteiger partial charge on any atom is 0.0646 e. The van der Waals surface area contributed by atoms with E-state index >= 15 is 0 Å². The first-order valence-electron chi connectivity index (χ1n) is 2.94. The van der Waals surface area contributed by atoms with Gasteiger partial charge in [0.05, 0.1) is 11.8 Å². The van der Waals surface area contributed by atoms with Gasteiger partial charge in [-0.2, -0.15) is 5.10 Å². The van der Waals surface area contributed by atoms with Crippen molar-refractivity contribution in [2.24, 2.45) is 7.05 Å². The van der Waals surface area contributed by atoms with E-state index < -0.39 is 0 Å². The molecule has 0 aliphatic carbocycles. The number of hydrogen-bond acceptors (Lipinski definition) is 1. The second kappa shape index (κ2) is 2.88. The van der Waals surface area contributed by atoms with Gasteiger partial charge in [0.25, 0.3) is 0 Å². The van der Waals surface area contributed by atoms with Crippen LogP contribution < -0.4 is 0 Å². The van der Waals surface area contributed by atoms with Gasteiger partial charge in [0.15, 0.2) is 0 Å². The quantitative estimate of drug-likeness (QED) is 0.481. The van der Waals surface area contributed by atoms with Gasteiger partial charge in [0.1, 0.15) is 0 Å². The van der Waals surface area contributed by atoms with Gasteiger partial charge < -0.3 is 0 Å². The molecule has 0 unspecified atom stereocenters. The van der Waals surface area contributed by atoms with Gasteiger partial charge in [-0.15, -0.1) is 0 Å². The van der Waals surface area contributed by atoms with Crippen LogP contribution in [0.2, 0.25) is 0 Å². The van der Waals surface area contributed by atoms with Crippen molar-refractivity contribution in [3.63, 3.8) is 0 Å². The largest absolute Gasteiger partial charge is 0.275 e. The lowest BCUT2D eigenvalue weighted by Crippen LogP contribution is -1.83. The Morgan fingerprint density at radius 1 is 1.80 bits per heavy atom. The molecule has 0 saturated heterocycles. The van der Waals surface area contributed by atoms with E-state index in [0.29, 0.717) is 0 Å². The molecular weight excluding hydrogens is 124 g/mol. The molecule has 0 spiro atoms. The average Bonchev–Trinajstić information content (AvgIpc) is 2.31. The highest BCUT2D eigenvalue weighted by Gasteiger charge is 1.86. The van der Waals surface area contributed by atoms with E-state index in [1.807, 2.05) is 13.2 Å². The normalized spacial score (nSPS) is 8.10. The van der Waals surface area contributed by atoms with E-state index in [1.165, 1.54) is 0 Å². The molecule has 0 amide bonds. The molecule has 2 heteroatoms. The first kappa shape index (κ1) is 6.63. The van der Waals surface area contributed by atoms with Crippen molar-refractivity contribution in [2.75, 3.05) is 0 Å². The van der Waals surface area contributed by atoms with Crippen LogP contribution in [0.25, 0.3) is 0 Å². The van der Waals surface area contributed by atoms with Crippen molar-refractivity contribution >= 4 is 0 Å². The molecule has 0 radical (unpaired) electrons. The van der Waals surface area contributed by atoms with E-state index in [4.69, 9.17) is 0 Å². The van der Waals surface area contributed by atoms with Crippen LogP contribution in [-0.4, -0.2) is 9.78 Å². The summed E-state index contributed by atoms with van der Waals surface area (Å²) in [5, 5.41) is 3.95.